The molecule has 4 aromatic rings. The van der Waals surface area contributed by atoms with E-state index < -0.39 is 5.91 Å². The van der Waals surface area contributed by atoms with Crippen LogP contribution in [0.5, 0.6) is 0 Å². The SMILES string of the molecule is CCc1nc2c(cnn2CC)c(NC2CCOCC2)c1CN(Cc1ccc(F)c(-c2cccc(CN3CCOCC3)c2)c1)C(=O)CCCC(N)=O. The second kappa shape index (κ2) is 17.2. The minimum Gasteiger partial charge on any atom is -0.381 e. The van der Waals surface area contributed by atoms with E-state index in [1.165, 1.54) is 6.07 Å². The van der Waals surface area contributed by atoms with E-state index >= 15 is 4.39 Å². The van der Waals surface area contributed by atoms with Crippen LogP contribution in [-0.2, 0) is 51.7 Å². The molecule has 11 nitrogen and oxygen atoms in total. The molecule has 6 rings (SSSR count). The number of carbonyl (C=O) groups excluding carboxylic acids is 2. The van der Waals surface area contributed by atoms with Crippen molar-refractivity contribution in [1.29, 1.82) is 0 Å². The maximum Gasteiger partial charge on any atom is 0.223 e. The molecule has 0 aliphatic carbocycles. The average molecular weight is 700 g/mol. The van der Waals surface area contributed by atoms with E-state index in [-0.39, 0.29) is 43.7 Å². The fourth-order valence-electron chi connectivity index (χ4n) is 7.04. The summed E-state index contributed by atoms with van der Waals surface area (Å²) >= 11 is 0. The number of rotatable bonds is 15. The minimum absolute atomic E-state index is 0.113. The number of nitrogens with zero attached hydrogens (tertiary/aromatic N) is 5. The van der Waals surface area contributed by atoms with Crippen molar-refractivity contribution in [3.05, 3.63) is 76.9 Å². The number of morpholine rings is 1. The number of anilines is 1. The summed E-state index contributed by atoms with van der Waals surface area (Å²) in [5.41, 5.74) is 12.2. The molecular weight excluding hydrogens is 649 g/mol. The highest BCUT2D eigenvalue weighted by Gasteiger charge is 2.25. The molecule has 2 saturated heterocycles. The van der Waals surface area contributed by atoms with Gasteiger partial charge in [-0.2, -0.15) is 5.10 Å². The first-order valence-electron chi connectivity index (χ1n) is 18.3. The molecule has 2 fully saturated rings. The van der Waals surface area contributed by atoms with Gasteiger partial charge in [0.25, 0.3) is 0 Å². The molecule has 272 valence electrons. The lowest BCUT2D eigenvalue weighted by molar-refractivity contribution is -0.132. The molecule has 2 aromatic carbocycles. The van der Waals surface area contributed by atoms with Gasteiger partial charge in [0.2, 0.25) is 11.8 Å². The Balaban J connectivity index is 1.34. The van der Waals surface area contributed by atoms with Crippen molar-refractivity contribution in [2.24, 2.45) is 5.73 Å². The van der Waals surface area contributed by atoms with Crippen molar-refractivity contribution in [1.82, 2.24) is 24.6 Å². The molecule has 2 aliphatic heterocycles. The number of primary amides is 1. The zero-order valence-corrected chi connectivity index (χ0v) is 29.8. The molecule has 0 bridgehead atoms. The predicted molar refractivity (Wildman–Crippen MR) is 195 cm³/mol. The van der Waals surface area contributed by atoms with Crippen molar-refractivity contribution in [3.8, 4) is 11.1 Å². The number of fused-ring (bicyclic) bond motifs is 1. The summed E-state index contributed by atoms with van der Waals surface area (Å²) in [5.74, 6) is -0.870. The van der Waals surface area contributed by atoms with Gasteiger partial charge in [0.05, 0.1) is 30.5 Å². The molecule has 51 heavy (non-hydrogen) atoms. The normalized spacial score (nSPS) is 15.7. The molecule has 0 spiro atoms. The van der Waals surface area contributed by atoms with Gasteiger partial charge in [-0.3, -0.25) is 14.5 Å². The Kier molecular flexibility index (Phi) is 12.3. The number of halogens is 1. The van der Waals surface area contributed by atoms with Crippen LogP contribution in [0.1, 0.15) is 68.3 Å². The molecule has 2 aliphatic rings. The molecule has 0 radical (unpaired) electrons. The predicted octanol–water partition coefficient (Wildman–Crippen LogP) is 5.43. The standard InChI is InChI=1S/C39H50FN7O4/c1-3-35-33(38(43-30-13-17-50-18-14-30)32-23-42-47(4-2)39(32)44-35)26-46(37(49)10-6-9-36(41)48)25-28-11-12-34(40)31(22-28)29-8-5-7-27(21-29)24-45-15-19-51-20-16-45/h5,7-8,11-12,21-23,30H,3-4,6,9-10,13-20,24-26H2,1-2H3,(H2,41,48)(H,43,44). The smallest absolute Gasteiger partial charge is 0.223 e. The number of amides is 2. The third-order valence-corrected chi connectivity index (χ3v) is 9.84. The fourth-order valence-corrected chi connectivity index (χ4v) is 7.04. The topological polar surface area (TPSA) is 128 Å². The number of hydrogen-bond donors (Lipinski definition) is 2. The molecule has 3 N–H and O–H groups in total. The summed E-state index contributed by atoms with van der Waals surface area (Å²) in [6.45, 7) is 10.6. The lowest BCUT2D eigenvalue weighted by Gasteiger charge is -2.29. The summed E-state index contributed by atoms with van der Waals surface area (Å²) in [5, 5.41) is 9.36. The number of aryl methyl sites for hydroxylation is 2. The second-order valence-corrected chi connectivity index (χ2v) is 13.5. The Labute approximate surface area is 299 Å². The van der Waals surface area contributed by atoms with Gasteiger partial charge in [-0.15, -0.1) is 0 Å². The van der Waals surface area contributed by atoms with Crippen molar-refractivity contribution in [2.75, 3.05) is 44.8 Å². The molecular formula is C39H50FN7O4. The first kappa shape index (κ1) is 36.4. The summed E-state index contributed by atoms with van der Waals surface area (Å²) in [6, 6.07) is 13.3. The van der Waals surface area contributed by atoms with Crippen LogP contribution in [0, 0.1) is 5.82 Å². The van der Waals surface area contributed by atoms with Gasteiger partial charge in [-0.1, -0.05) is 31.2 Å². The van der Waals surface area contributed by atoms with Gasteiger partial charge >= 0.3 is 0 Å². The van der Waals surface area contributed by atoms with E-state index in [4.69, 9.17) is 20.2 Å². The van der Waals surface area contributed by atoms with Crippen molar-refractivity contribution >= 4 is 28.5 Å². The van der Waals surface area contributed by atoms with Gasteiger partial charge in [0.15, 0.2) is 5.65 Å². The van der Waals surface area contributed by atoms with Gasteiger partial charge in [0, 0.05) is 88.2 Å². The van der Waals surface area contributed by atoms with Crippen molar-refractivity contribution < 1.29 is 23.5 Å². The largest absolute Gasteiger partial charge is 0.381 e. The monoisotopic (exact) mass is 699 g/mol. The third-order valence-electron chi connectivity index (χ3n) is 9.84. The number of pyridine rings is 1. The van der Waals surface area contributed by atoms with Crippen molar-refractivity contribution in [3.63, 3.8) is 0 Å². The number of carbonyl (C=O) groups is 2. The highest BCUT2D eigenvalue weighted by Crippen LogP contribution is 2.33. The van der Waals surface area contributed by atoms with Gasteiger partial charge < -0.3 is 25.4 Å². The van der Waals surface area contributed by atoms with E-state index in [1.807, 2.05) is 42.1 Å². The minimum atomic E-state index is -0.438. The number of aromatic nitrogens is 3. The summed E-state index contributed by atoms with van der Waals surface area (Å²) in [7, 11) is 0. The third kappa shape index (κ3) is 9.10. The average Bonchev–Trinajstić information content (AvgIpc) is 3.56. The lowest BCUT2D eigenvalue weighted by atomic mass is 9.99. The fraction of sp³-hybridized carbons (Fsp3) is 0.487. The molecule has 0 unspecified atom stereocenters. The highest BCUT2D eigenvalue weighted by molar-refractivity contribution is 5.92. The van der Waals surface area contributed by atoms with E-state index in [1.54, 1.807) is 11.0 Å². The van der Waals surface area contributed by atoms with Crippen LogP contribution in [0.25, 0.3) is 22.2 Å². The first-order valence-corrected chi connectivity index (χ1v) is 18.3. The zero-order chi connectivity index (χ0) is 35.7. The van der Waals surface area contributed by atoms with E-state index in [9.17, 15) is 9.59 Å². The maximum atomic E-state index is 15.5. The molecule has 2 aromatic heterocycles. The van der Waals surface area contributed by atoms with E-state index in [2.05, 4.69) is 28.3 Å². The van der Waals surface area contributed by atoms with Crippen LogP contribution in [-0.4, -0.2) is 81.9 Å². The Morgan fingerprint density at radius 3 is 2.53 bits per heavy atom. The Morgan fingerprint density at radius 1 is 1.00 bits per heavy atom. The summed E-state index contributed by atoms with van der Waals surface area (Å²) in [6.07, 6.45) is 4.89. The summed E-state index contributed by atoms with van der Waals surface area (Å²) in [4.78, 5) is 34.8. The molecule has 12 heteroatoms. The molecule has 2 amide bonds. The number of hydrogen-bond acceptors (Lipinski definition) is 8. The number of benzene rings is 2. The van der Waals surface area contributed by atoms with Gasteiger partial charge in [0.1, 0.15) is 5.82 Å². The number of nitrogens with two attached hydrogens (primary N) is 1. The molecule has 0 atom stereocenters. The zero-order valence-electron chi connectivity index (χ0n) is 29.8. The molecule has 0 saturated carbocycles. The highest BCUT2D eigenvalue weighted by atomic mass is 19.1. The molecule has 4 heterocycles. The van der Waals surface area contributed by atoms with E-state index in [0.717, 1.165) is 77.1 Å². The number of nitrogens with one attached hydrogen (secondary N) is 1. The van der Waals surface area contributed by atoms with Crippen LogP contribution >= 0.6 is 0 Å². The van der Waals surface area contributed by atoms with Crippen LogP contribution < -0.4 is 11.1 Å². The Hall–Kier alpha value is -4.39. The van der Waals surface area contributed by atoms with Crippen LogP contribution in [0.3, 0.4) is 0 Å². The van der Waals surface area contributed by atoms with Gasteiger partial charge in [-0.25, -0.2) is 14.1 Å². The maximum absolute atomic E-state index is 15.5. The lowest BCUT2D eigenvalue weighted by Crippen LogP contribution is -2.35. The van der Waals surface area contributed by atoms with Crippen LogP contribution in [0.15, 0.2) is 48.7 Å². The summed E-state index contributed by atoms with van der Waals surface area (Å²) < 4.78 is 28.5. The van der Waals surface area contributed by atoms with E-state index in [0.29, 0.717) is 51.4 Å². The first-order chi connectivity index (χ1) is 24.8. The van der Waals surface area contributed by atoms with Gasteiger partial charge in [-0.05, 0) is 67.5 Å². The van der Waals surface area contributed by atoms with Crippen LogP contribution in [0.2, 0.25) is 0 Å². The Morgan fingerprint density at radius 2 is 1.78 bits per heavy atom. The Bertz CT molecular complexity index is 1820. The van der Waals surface area contributed by atoms with Crippen molar-refractivity contribution in [2.45, 2.75) is 84.6 Å². The second-order valence-electron chi connectivity index (χ2n) is 13.5. The number of ether oxygens (including phenoxy) is 2. The van der Waals surface area contributed by atoms with Crippen LogP contribution in [0.4, 0.5) is 10.1 Å². The quantitative estimate of drug-likeness (QED) is 0.168.